The Labute approximate surface area is 79.6 Å². The van der Waals surface area contributed by atoms with Crippen LogP contribution in [0.5, 0.6) is 0 Å². The van der Waals surface area contributed by atoms with Gasteiger partial charge in [-0.1, -0.05) is 59.5 Å². The molecule has 0 fully saturated rings. The van der Waals surface area contributed by atoms with E-state index in [0.29, 0.717) is 0 Å². The predicted molar refractivity (Wildman–Crippen MR) is 61.4 cm³/mol. The summed E-state index contributed by atoms with van der Waals surface area (Å²) in [6.45, 7) is 4.38. The number of hydrogen-bond donors (Lipinski definition) is 0. The first-order chi connectivity index (χ1) is 5.91. The van der Waals surface area contributed by atoms with E-state index in [1.165, 1.54) is 44.7 Å². The lowest BCUT2D eigenvalue weighted by atomic mass is 10.1. The van der Waals surface area contributed by atoms with Crippen molar-refractivity contribution in [3.63, 3.8) is 0 Å². The molecule has 0 amide bonds. The molecule has 72 valence electrons. The molecule has 0 bridgehead atoms. The van der Waals surface area contributed by atoms with Gasteiger partial charge in [-0.15, -0.1) is 0 Å². The van der Waals surface area contributed by atoms with E-state index in [9.17, 15) is 0 Å². The van der Waals surface area contributed by atoms with Crippen LogP contribution in [-0.4, -0.2) is 6.16 Å². The minimum Gasteiger partial charge on any atom is -0.0988 e. The molecule has 0 aliphatic rings. The van der Waals surface area contributed by atoms with Crippen LogP contribution in [0.3, 0.4) is 0 Å². The minimum atomic E-state index is 1.06. The fourth-order valence-corrected chi connectivity index (χ4v) is 2.07. The zero-order valence-electron chi connectivity index (χ0n) is 8.60. The van der Waals surface area contributed by atoms with E-state index < -0.39 is 0 Å². The first-order valence-corrected chi connectivity index (χ1v) is 6.54. The summed E-state index contributed by atoms with van der Waals surface area (Å²) < 4.78 is 0. The molecular formula is C11H23P. The van der Waals surface area contributed by atoms with E-state index in [2.05, 4.69) is 25.7 Å². The molecule has 0 N–H and O–H groups in total. The van der Waals surface area contributed by atoms with Gasteiger partial charge in [0, 0.05) is 0 Å². The van der Waals surface area contributed by atoms with Crippen molar-refractivity contribution >= 4 is 8.58 Å². The maximum atomic E-state index is 2.30. The average Bonchev–Trinajstić information content (AvgIpc) is 2.10. The molecule has 0 radical (unpaired) electrons. The van der Waals surface area contributed by atoms with Crippen LogP contribution in [0, 0.1) is 0 Å². The smallest absolute Gasteiger partial charge is 0.0319 e. The van der Waals surface area contributed by atoms with E-state index in [0.717, 1.165) is 8.58 Å². The van der Waals surface area contributed by atoms with E-state index in [1.807, 2.05) is 0 Å². The topological polar surface area (TPSA) is 0 Å². The van der Waals surface area contributed by atoms with Crippen LogP contribution in [0.4, 0.5) is 0 Å². The van der Waals surface area contributed by atoms with E-state index >= 15 is 0 Å². The van der Waals surface area contributed by atoms with Gasteiger partial charge >= 0.3 is 0 Å². The fraction of sp³-hybridized carbons (Fsp3) is 0.818. The largest absolute Gasteiger partial charge is 0.0988 e. The Morgan fingerprint density at radius 2 is 1.67 bits per heavy atom. The quantitative estimate of drug-likeness (QED) is 0.385. The highest BCUT2D eigenvalue weighted by Crippen LogP contribution is 2.15. The monoisotopic (exact) mass is 186 g/mol. The Bertz CT molecular complexity index is 97.2. The van der Waals surface area contributed by atoms with Crippen LogP contribution >= 0.6 is 8.58 Å². The highest BCUT2D eigenvalue weighted by atomic mass is 31.1. The fourth-order valence-electron chi connectivity index (χ4n) is 1.21. The number of rotatable bonds is 8. The Morgan fingerprint density at radius 3 is 2.33 bits per heavy atom. The standard InChI is InChI=1S/C11H23P/c1-3-5-6-7-8-9-11-12-10-4-2/h4,10,12H,3,5-9,11H2,1-2H3/b10-4-. The number of hydrogen-bond acceptors (Lipinski definition) is 0. The maximum absolute atomic E-state index is 2.30. The van der Waals surface area contributed by atoms with Crippen LogP contribution in [0.25, 0.3) is 0 Å². The average molecular weight is 186 g/mol. The molecule has 0 aliphatic heterocycles. The third-order valence-corrected chi connectivity index (χ3v) is 3.17. The first kappa shape index (κ1) is 12.2. The molecule has 1 unspecified atom stereocenters. The molecule has 0 aromatic rings. The van der Waals surface area contributed by atoms with Gasteiger partial charge in [0.1, 0.15) is 0 Å². The van der Waals surface area contributed by atoms with Gasteiger partial charge in [-0.25, -0.2) is 0 Å². The molecule has 0 aliphatic carbocycles. The SMILES string of the molecule is C/C=C\PCCCCCCCC. The molecule has 1 heteroatoms. The third kappa shape index (κ3) is 10.2. The van der Waals surface area contributed by atoms with E-state index in [4.69, 9.17) is 0 Å². The van der Waals surface area contributed by atoms with Crippen molar-refractivity contribution in [1.29, 1.82) is 0 Å². The van der Waals surface area contributed by atoms with Crippen molar-refractivity contribution in [1.82, 2.24) is 0 Å². The Kier molecular flexibility index (Phi) is 11.3. The van der Waals surface area contributed by atoms with Gasteiger partial charge in [0.15, 0.2) is 0 Å². The van der Waals surface area contributed by atoms with Crippen molar-refractivity contribution in [2.24, 2.45) is 0 Å². The zero-order valence-corrected chi connectivity index (χ0v) is 9.60. The molecule has 0 saturated carbocycles. The highest BCUT2D eigenvalue weighted by Gasteiger charge is 1.88. The first-order valence-electron chi connectivity index (χ1n) is 5.26. The zero-order chi connectivity index (χ0) is 9.07. The molecule has 0 aromatic carbocycles. The molecular weight excluding hydrogens is 163 g/mol. The summed E-state index contributed by atoms with van der Waals surface area (Å²) in [5, 5.41) is 0. The molecule has 1 atom stereocenters. The minimum absolute atomic E-state index is 1.06. The van der Waals surface area contributed by atoms with Crippen molar-refractivity contribution in [3.05, 3.63) is 11.9 Å². The summed E-state index contributed by atoms with van der Waals surface area (Å²) in [7, 11) is 1.06. The van der Waals surface area contributed by atoms with Crippen LogP contribution in [0.15, 0.2) is 11.9 Å². The Morgan fingerprint density at radius 1 is 1.00 bits per heavy atom. The normalized spacial score (nSPS) is 12.2. The van der Waals surface area contributed by atoms with Gasteiger partial charge in [0.25, 0.3) is 0 Å². The van der Waals surface area contributed by atoms with E-state index in [1.54, 1.807) is 0 Å². The molecule has 0 rings (SSSR count). The number of unbranched alkanes of at least 4 members (excludes halogenated alkanes) is 5. The third-order valence-electron chi connectivity index (χ3n) is 1.96. The van der Waals surface area contributed by atoms with Crippen molar-refractivity contribution < 1.29 is 0 Å². The summed E-state index contributed by atoms with van der Waals surface area (Å²) in [4.78, 5) is 0. The van der Waals surface area contributed by atoms with Gasteiger partial charge in [-0.2, -0.15) is 0 Å². The van der Waals surface area contributed by atoms with Crippen LogP contribution in [0.1, 0.15) is 52.4 Å². The summed E-state index contributed by atoms with van der Waals surface area (Å²) in [5.41, 5.74) is 0. The van der Waals surface area contributed by atoms with Crippen molar-refractivity contribution in [2.75, 3.05) is 6.16 Å². The van der Waals surface area contributed by atoms with E-state index in [-0.39, 0.29) is 0 Å². The highest BCUT2D eigenvalue weighted by molar-refractivity contribution is 7.41. The Balaban J connectivity index is 2.81. The van der Waals surface area contributed by atoms with Crippen LogP contribution in [-0.2, 0) is 0 Å². The summed E-state index contributed by atoms with van der Waals surface area (Å²) in [6.07, 6.45) is 12.2. The van der Waals surface area contributed by atoms with Crippen molar-refractivity contribution in [2.45, 2.75) is 52.4 Å². The van der Waals surface area contributed by atoms with Gasteiger partial charge in [-0.05, 0) is 19.5 Å². The summed E-state index contributed by atoms with van der Waals surface area (Å²) >= 11 is 0. The van der Waals surface area contributed by atoms with Crippen LogP contribution < -0.4 is 0 Å². The second-order valence-corrected chi connectivity index (χ2v) is 4.46. The number of allylic oxidation sites excluding steroid dienone is 1. The summed E-state index contributed by atoms with van der Waals surface area (Å²) in [6, 6.07) is 0. The predicted octanol–water partition coefficient (Wildman–Crippen LogP) is 4.56. The molecule has 0 spiro atoms. The van der Waals surface area contributed by atoms with Crippen LogP contribution in [0.2, 0.25) is 0 Å². The summed E-state index contributed by atoms with van der Waals surface area (Å²) in [5.74, 6) is 2.30. The Hall–Kier alpha value is 0.170. The molecule has 0 heterocycles. The molecule has 0 nitrogen and oxygen atoms in total. The van der Waals surface area contributed by atoms with Crippen molar-refractivity contribution in [3.8, 4) is 0 Å². The second kappa shape index (κ2) is 11.2. The van der Waals surface area contributed by atoms with Gasteiger partial charge in [0.05, 0.1) is 0 Å². The molecule has 0 saturated heterocycles. The lowest BCUT2D eigenvalue weighted by molar-refractivity contribution is 0.626. The van der Waals surface area contributed by atoms with Gasteiger partial charge in [0.2, 0.25) is 0 Å². The second-order valence-electron chi connectivity index (χ2n) is 3.22. The maximum Gasteiger partial charge on any atom is -0.0319 e. The van der Waals surface area contributed by atoms with Gasteiger partial charge in [-0.3, -0.25) is 0 Å². The molecule has 0 aromatic heterocycles. The lowest BCUT2D eigenvalue weighted by Crippen LogP contribution is -1.79. The van der Waals surface area contributed by atoms with Gasteiger partial charge < -0.3 is 0 Å². The molecule has 12 heavy (non-hydrogen) atoms. The lowest BCUT2D eigenvalue weighted by Gasteiger charge is -1.98.